The highest BCUT2D eigenvalue weighted by Crippen LogP contribution is 2.25. The first kappa shape index (κ1) is 13.8. The lowest BCUT2D eigenvalue weighted by Crippen LogP contribution is -2.25. The molecule has 0 unspecified atom stereocenters. The molecule has 0 spiro atoms. The van der Waals surface area contributed by atoms with Gasteiger partial charge in [0.2, 0.25) is 10.0 Å². The van der Waals surface area contributed by atoms with E-state index in [-0.39, 0.29) is 16.5 Å². The van der Waals surface area contributed by atoms with E-state index in [2.05, 4.69) is 10.6 Å². The quantitative estimate of drug-likeness (QED) is 0.496. The van der Waals surface area contributed by atoms with Crippen LogP contribution in [0.3, 0.4) is 0 Å². The lowest BCUT2D eigenvalue weighted by Gasteiger charge is -2.10. The number of hydrogen-bond acceptors (Lipinski definition) is 3. The monoisotopic (exact) mass is 272 g/mol. The standard InChI is InChI=1S/C11H13ClN2O2S/c1-3-4-5-14-17(15,16)11-7-9(12)6-10(13)8(11)2/h1,6-7,14H,4-5,13H2,2H3. The molecule has 92 valence electrons. The van der Waals surface area contributed by atoms with Gasteiger partial charge in [-0.2, -0.15) is 0 Å². The molecule has 0 aromatic heterocycles. The third kappa shape index (κ3) is 3.37. The average Bonchev–Trinajstić information content (AvgIpc) is 2.23. The highest BCUT2D eigenvalue weighted by molar-refractivity contribution is 7.89. The average molecular weight is 273 g/mol. The maximum atomic E-state index is 11.9. The molecule has 0 aliphatic rings. The number of benzene rings is 1. The predicted octanol–water partition coefficient (Wildman–Crippen LogP) is 1.53. The lowest BCUT2D eigenvalue weighted by molar-refractivity contribution is 0.582. The van der Waals surface area contributed by atoms with Crippen molar-refractivity contribution < 1.29 is 8.42 Å². The second kappa shape index (κ2) is 5.41. The zero-order chi connectivity index (χ0) is 13.1. The van der Waals surface area contributed by atoms with Crippen LogP contribution in [0.4, 0.5) is 5.69 Å². The predicted molar refractivity (Wildman–Crippen MR) is 69.2 cm³/mol. The van der Waals surface area contributed by atoms with E-state index in [4.69, 9.17) is 23.8 Å². The molecule has 0 atom stereocenters. The lowest BCUT2D eigenvalue weighted by atomic mass is 10.2. The molecule has 0 saturated carbocycles. The molecule has 3 N–H and O–H groups in total. The molecule has 0 radical (unpaired) electrons. The SMILES string of the molecule is C#CCCNS(=O)(=O)c1cc(Cl)cc(N)c1C. The van der Waals surface area contributed by atoms with Crippen molar-refractivity contribution in [3.8, 4) is 12.3 Å². The van der Waals surface area contributed by atoms with Gasteiger partial charge >= 0.3 is 0 Å². The highest BCUT2D eigenvalue weighted by Gasteiger charge is 2.18. The molecular weight excluding hydrogens is 260 g/mol. The Labute approximate surface area is 106 Å². The summed E-state index contributed by atoms with van der Waals surface area (Å²) in [5, 5.41) is 0.283. The van der Waals surface area contributed by atoms with Crippen LogP contribution >= 0.6 is 11.6 Å². The van der Waals surface area contributed by atoms with Gasteiger partial charge in [-0.1, -0.05) is 11.6 Å². The van der Waals surface area contributed by atoms with Gasteiger partial charge in [0.1, 0.15) is 0 Å². The van der Waals surface area contributed by atoms with Crippen LogP contribution in [0.1, 0.15) is 12.0 Å². The van der Waals surface area contributed by atoms with E-state index >= 15 is 0 Å². The number of terminal acetylenes is 1. The van der Waals surface area contributed by atoms with Crippen LogP contribution in [0.2, 0.25) is 5.02 Å². The fraction of sp³-hybridized carbons (Fsp3) is 0.273. The maximum Gasteiger partial charge on any atom is 0.240 e. The summed E-state index contributed by atoms with van der Waals surface area (Å²) in [6.45, 7) is 1.81. The van der Waals surface area contributed by atoms with Crippen molar-refractivity contribution in [3.63, 3.8) is 0 Å². The van der Waals surface area contributed by atoms with Gasteiger partial charge < -0.3 is 5.73 Å². The van der Waals surface area contributed by atoms with Crippen molar-refractivity contribution in [2.24, 2.45) is 0 Å². The molecule has 0 heterocycles. The first-order chi connectivity index (χ1) is 7.88. The summed E-state index contributed by atoms with van der Waals surface area (Å²) in [6, 6.07) is 2.88. The molecule has 0 aliphatic heterocycles. The number of rotatable bonds is 4. The molecule has 17 heavy (non-hydrogen) atoms. The second-order valence-corrected chi connectivity index (χ2v) is 5.64. The zero-order valence-electron chi connectivity index (χ0n) is 9.33. The fourth-order valence-electron chi connectivity index (χ4n) is 1.29. The summed E-state index contributed by atoms with van der Waals surface area (Å²) in [5.41, 5.74) is 6.48. The van der Waals surface area contributed by atoms with Crippen LogP contribution in [0, 0.1) is 19.3 Å². The number of hydrogen-bond donors (Lipinski definition) is 2. The molecule has 0 saturated heterocycles. The third-order valence-electron chi connectivity index (χ3n) is 2.22. The molecular formula is C11H13ClN2O2S. The van der Waals surface area contributed by atoms with Gasteiger partial charge in [0.25, 0.3) is 0 Å². The van der Waals surface area contributed by atoms with Crippen LogP contribution in [0.15, 0.2) is 17.0 Å². The van der Waals surface area contributed by atoms with E-state index < -0.39 is 10.0 Å². The van der Waals surface area contributed by atoms with Gasteiger partial charge in [-0.25, -0.2) is 13.1 Å². The summed E-state index contributed by atoms with van der Waals surface area (Å²) in [6.07, 6.45) is 5.38. The Hall–Kier alpha value is -1.22. The summed E-state index contributed by atoms with van der Waals surface area (Å²) in [4.78, 5) is 0.0829. The molecule has 0 fully saturated rings. The molecule has 0 amide bonds. The summed E-state index contributed by atoms with van der Waals surface area (Å²) in [7, 11) is -3.62. The van der Waals surface area contributed by atoms with Crippen molar-refractivity contribution in [3.05, 3.63) is 22.7 Å². The third-order valence-corrected chi connectivity index (χ3v) is 4.02. The fourth-order valence-corrected chi connectivity index (χ4v) is 2.91. The van der Waals surface area contributed by atoms with E-state index in [0.29, 0.717) is 17.7 Å². The number of anilines is 1. The zero-order valence-corrected chi connectivity index (χ0v) is 10.9. The van der Waals surface area contributed by atoms with Crippen LogP contribution in [0.5, 0.6) is 0 Å². The van der Waals surface area contributed by atoms with Crippen LogP contribution in [0.25, 0.3) is 0 Å². The molecule has 0 bridgehead atoms. The highest BCUT2D eigenvalue weighted by atomic mass is 35.5. The maximum absolute atomic E-state index is 11.9. The van der Waals surface area contributed by atoms with Crippen molar-refractivity contribution in [2.45, 2.75) is 18.2 Å². The van der Waals surface area contributed by atoms with Crippen molar-refractivity contribution in [1.29, 1.82) is 0 Å². The van der Waals surface area contributed by atoms with Crippen molar-refractivity contribution in [2.75, 3.05) is 12.3 Å². The van der Waals surface area contributed by atoms with Gasteiger partial charge in [-0.3, -0.25) is 0 Å². The first-order valence-corrected chi connectivity index (χ1v) is 6.73. The molecule has 1 aromatic carbocycles. The Bertz CT molecular complexity index is 562. The van der Waals surface area contributed by atoms with Gasteiger partial charge in [0.15, 0.2) is 0 Å². The number of nitrogens with two attached hydrogens (primary N) is 1. The molecule has 4 nitrogen and oxygen atoms in total. The van der Waals surface area contributed by atoms with Gasteiger partial charge in [-0.05, 0) is 24.6 Å². The summed E-state index contributed by atoms with van der Waals surface area (Å²) < 4.78 is 26.3. The molecule has 6 heteroatoms. The van der Waals surface area contributed by atoms with E-state index in [1.807, 2.05) is 0 Å². The Kier molecular flexibility index (Phi) is 4.40. The van der Waals surface area contributed by atoms with Crippen LogP contribution in [-0.4, -0.2) is 15.0 Å². The number of halogens is 1. The number of nitrogens with one attached hydrogen (secondary N) is 1. The summed E-state index contributed by atoms with van der Waals surface area (Å²) in [5.74, 6) is 2.35. The molecule has 1 aromatic rings. The second-order valence-electron chi connectivity index (χ2n) is 3.47. The Balaban J connectivity index is 3.12. The van der Waals surface area contributed by atoms with Crippen LogP contribution in [-0.2, 0) is 10.0 Å². The van der Waals surface area contributed by atoms with Gasteiger partial charge in [-0.15, -0.1) is 12.3 Å². The Morgan fingerprint density at radius 3 is 2.76 bits per heavy atom. The minimum absolute atomic E-state index is 0.0829. The smallest absolute Gasteiger partial charge is 0.240 e. The van der Waals surface area contributed by atoms with E-state index in [9.17, 15) is 8.42 Å². The Morgan fingerprint density at radius 1 is 1.53 bits per heavy atom. The molecule has 0 aliphatic carbocycles. The van der Waals surface area contributed by atoms with Gasteiger partial charge in [0.05, 0.1) is 4.90 Å². The topological polar surface area (TPSA) is 72.2 Å². The van der Waals surface area contributed by atoms with Crippen LogP contribution < -0.4 is 10.5 Å². The molecule has 1 rings (SSSR count). The summed E-state index contributed by atoms with van der Waals surface area (Å²) >= 11 is 5.78. The Morgan fingerprint density at radius 2 is 2.18 bits per heavy atom. The largest absolute Gasteiger partial charge is 0.398 e. The number of nitrogen functional groups attached to an aromatic ring is 1. The minimum Gasteiger partial charge on any atom is -0.398 e. The van der Waals surface area contributed by atoms with Gasteiger partial charge in [0, 0.05) is 23.7 Å². The van der Waals surface area contributed by atoms with E-state index in [1.54, 1.807) is 6.92 Å². The minimum atomic E-state index is -3.62. The van der Waals surface area contributed by atoms with E-state index in [1.165, 1.54) is 12.1 Å². The first-order valence-electron chi connectivity index (χ1n) is 4.87. The van der Waals surface area contributed by atoms with Crippen molar-refractivity contribution in [1.82, 2.24) is 4.72 Å². The van der Waals surface area contributed by atoms with E-state index in [0.717, 1.165) is 0 Å². The normalized spacial score (nSPS) is 11.1. The van der Waals surface area contributed by atoms with Crippen molar-refractivity contribution >= 4 is 27.3 Å². The number of sulfonamides is 1.